The fraction of sp³-hybridized carbons (Fsp3) is 0.214. The molecule has 0 fully saturated rings. The largest absolute Gasteiger partial charge is 0.329 e. The van der Waals surface area contributed by atoms with Gasteiger partial charge in [-0.3, -0.25) is 4.79 Å². The Kier molecular flexibility index (Phi) is 5.43. The van der Waals surface area contributed by atoms with E-state index in [-0.39, 0.29) is 5.91 Å². The van der Waals surface area contributed by atoms with E-state index in [0.717, 1.165) is 23.4 Å². The molecule has 0 saturated carbocycles. The van der Waals surface area contributed by atoms with Gasteiger partial charge in [-0.05, 0) is 46.6 Å². The molecule has 0 aromatic carbocycles. The van der Waals surface area contributed by atoms with Gasteiger partial charge in [0.05, 0.1) is 19.5 Å². The van der Waals surface area contributed by atoms with Crippen LogP contribution in [0.5, 0.6) is 0 Å². The number of nitrogens with zero attached hydrogens (tertiary/aromatic N) is 1. The minimum atomic E-state index is 0.0215. The van der Waals surface area contributed by atoms with Crippen LogP contribution < -0.4 is 0 Å². The Balaban J connectivity index is 2.19. The van der Waals surface area contributed by atoms with Gasteiger partial charge in [0.25, 0.3) is 5.91 Å². The molecule has 0 saturated heterocycles. The summed E-state index contributed by atoms with van der Waals surface area (Å²) in [5.41, 5.74) is 1.08. The molecule has 106 valence electrons. The molecule has 2 rings (SSSR count). The lowest BCUT2D eigenvalue weighted by atomic mass is 10.3. The highest BCUT2D eigenvalue weighted by Crippen LogP contribution is 2.29. The van der Waals surface area contributed by atoms with Gasteiger partial charge in [0, 0.05) is 11.4 Å². The van der Waals surface area contributed by atoms with Crippen LogP contribution in [0.25, 0.3) is 0 Å². The van der Waals surface area contributed by atoms with Crippen molar-refractivity contribution in [3.05, 3.63) is 54.3 Å². The molecular formula is C14H13BrClNOS2. The summed E-state index contributed by atoms with van der Waals surface area (Å²) < 4.78 is 1.74. The average Bonchev–Trinajstić information content (AvgIpc) is 2.95. The molecule has 0 aliphatic carbocycles. The zero-order valence-corrected chi connectivity index (χ0v) is 14.8. The molecule has 2 aromatic rings. The van der Waals surface area contributed by atoms with E-state index in [0.29, 0.717) is 13.1 Å². The van der Waals surface area contributed by atoms with Gasteiger partial charge in [0.1, 0.15) is 0 Å². The molecule has 0 spiro atoms. The maximum Gasteiger partial charge on any atom is 0.264 e. The second-order valence-corrected chi connectivity index (χ2v) is 8.42. The van der Waals surface area contributed by atoms with E-state index >= 15 is 0 Å². The maximum atomic E-state index is 12.6. The van der Waals surface area contributed by atoms with E-state index in [1.54, 1.807) is 11.0 Å². The van der Waals surface area contributed by atoms with Crippen LogP contribution in [-0.2, 0) is 6.54 Å². The van der Waals surface area contributed by atoms with Crippen LogP contribution >= 0.6 is 50.2 Å². The van der Waals surface area contributed by atoms with Crippen molar-refractivity contribution in [3.8, 4) is 0 Å². The number of rotatable bonds is 5. The monoisotopic (exact) mass is 389 g/mol. The van der Waals surface area contributed by atoms with E-state index in [1.807, 2.05) is 25.1 Å². The van der Waals surface area contributed by atoms with Gasteiger partial charge in [-0.25, -0.2) is 0 Å². The van der Waals surface area contributed by atoms with Crippen LogP contribution in [0.15, 0.2) is 34.6 Å². The molecule has 0 atom stereocenters. The van der Waals surface area contributed by atoms with Gasteiger partial charge < -0.3 is 4.90 Å². The highest BCUT2D eigenvalue weighted by atomic mass is 79.9. The Bertz CT molecular complexity index is 615. The van der Waals surface area contributed by atoms with E-state index in [9.17, 15) is 4.79 Å². The number of carbonyl (C=O) groups excluding carboxylic acids is 1. The molecule has 0 aliphatic rings. The van der Waals surface area contributed by atoms with Crippen molar-refractivity contribution in [1.29, 1.82) is 0 Å². The van der Waals surface area contributed by atoms with Crippen LogP contribution in [0.2, 0.25) is 4.34 Å². The Morgan fingerprint density at radius 1 is 1.50 bits per heavy atom. The standard InChI is InChI=1S/C14H13BrClNOS2/c1-3-6-17(8-10-4-5-12(16)19-10)14(18)11-7-9(2)13(15)20-11/h3-5,7H,1,6,8H2,2H3. The normalized spacial score (nSPS) is 10.6. The molecule has 0 aliphatic heterocycles. The Hall–Kier alpha value is -0.620. The zero-order valence-electron chi connectivity index (χ0n) is 10.9. The number of aryl methyl sites for hydroxylation is 1. The maximum absolute atomic E-state index is 12.6. The third kappa shape index (κ3) is 3.73. The molecule has 0 unspecified atom stereocenters. The highest BCUT2D eigenvalue weighted by Gasteiger charge is 2.18. The predicted octanol–water partition coefficient (Wildman–Crippen LogP) is 5.36. The van der Waals surface area contributed by atoms with Gasteiger partial charge in [-0.1, -0.05) is 17.7 Å². The highest BCUT2D eigenvalue weighted by molar-refractivity contribution is 9.11. The fourth-order valence-electron chi connectivity index (χ4n) is 1.72. The number of thiophene rings is 2. The summed E-state index contributed by atoms with van der Waals surface area (Å²) in [5.74, 6) is 0.0215. The molecule has 0 N–H and O–H groups in total. The second-order valence-electron chi connectivity index (χ2n) is 4.25. The molecule has 2 aromatic heterocycles. The van der Waals surface area contributed by atoms with Crippen molar-refractivity contribution in [1.82, 2.24) is 4.90 Å². The number of hydrogen-bond acceptors (Lipinski definition) is 3. The summed E-state index contributed by atoms with van der Waals surface area (Å²) in [7, 11) is 0. The van der Waals surface area contributed by atoms with E-state index in [1.165, 1.54) is 22.7 Å². The van der Waals surface area contributed by atoms with E-state index in [4.69, 9.17) is 11.6 Å². The first-order chi connectivity index (χ1) is 9.51. The summed E-state index contributed by atoms with van der Waals surface area (Å²) >= 11 is 12.3. The lowest BCUT2D eigenvalue weighted by molar-refractivity contribution is 0.0769. The molecule has 20 heavy (non-hydrogen) atoms. The minimum absolute atomic E-state index is 0.0215. The molecule has 2 heterocycles. The fourth-order valence-corrected chi connectivity index (χ4v) is 4.33. The van der Waals surface area contributed by atoms with Crippen molar-refractivity contribution < 1.29 is 4.79 Å². The van der Waals surface area contributed by atoms with E-state index in [2.05, 4.69) is 22.5 Å². The van der Waals surface area contributed by atoms with Gasteiger partial charge in [0.2, 0.25) is 0 Å². The van der Waals surface area contributed by atoms with Gasteiger partial charge in [0.15, 0.2) is 0 Å². The first-order valence-corrected chi connectivity index (χ1v) is 8.72. The third-order valence-corrected chi connectivity index (χ3v) is 6.02. The first kappa shape index (κ1) is 15.8. The predicted molar refractivity (Wildman–Crippen MR) is 91.0 cm³/mol. The lowest BCUT2D eigenvalue weighted by Crippen LogP contribution is -2.29. The summed E-state index contributed by atoms with van der Waals surface area (Å²) in [6, 6.07) is 5.71. The van der Waals surface area contributed by atoms with Crippen molar-refractivity contribution in [2.75, 3.05) is 6.54 Å². The van der Waals surface area contributed by atoms with Crippen LogP contribution in [0.1, 0.15) is 20.1 Å². The van der Waals surface area contributed by atoms with Crippen molar-refractivity contribution >= 4 is 56.1 Å². The molecule has 6 heteroatoms. The first-order valence-electron chi connectivity index (χ1n) is 5.91. The number of halogens is 2. The van der Waals surface area contributed by atoms with Crippen molar-refractivity contribution in [2.24, 2.45) is 0 Å². The second kappa shape index (κ2) is 6.89. The Morgan fingerprint density at radius 2 is 2.25 bits per heavy atom. The number of carbonyl (C=O) groups is 1. The number of amides is 1. The summed E-state index contributed by atoms with van der Waals surface area (Å²) in [5, 5.41) is 0. The van der Waals surface area contributed by atoms with Crippen LogP contribution in [0.4, 0.5) is 0 Å². The average molecular weight is 391 g/mol. The molecule has 0 bridgehead atoms. The minimum Gasteiger partial charge on any atom is -0.329 e. The number of hydrogen-bond donors (Lipinski definition) is 0. The van der Waals surface area contributed by atoms with Crippen LogP contribution in [-0.4, -0.2) is 17.4 Å². The summed E-state index contributed by atoms with van der Waals surface area (Å²) in [6.45, 7) is 6.77. The lowest BCUT2D eigenvalue weighted by Gasteiger charge is -2.19. The molecule has 0 radical (unpaired) electrons. The molecular weight excluding hydrogens is 378 g/mol. The summed E-state index contributed by atoms with van der Waals surface area (Å²) in [6.07, 6.45) is 1.74. The third-order valence-electron chi connectivity index (χ3n) is 2.68. The summed E-state index contributed by atoms with van der Waals surface area (Å²) in [4.78, 5) is 16.1. The van der Waals surface area contributed by atoms with Crippen LogP contribution in [0, 0.1) is 6.92 Å². The quantitative estimate of drug-likeness (QED) is 0.629. The Labute approximate surface area is 139 Å². The van der Waals surface area contributed by atoms with Crippen molar-refractivity contribution in [2.45, 2.75) is 13.5 Å². The van der Waals surface area contributed by atoms with Crippen LogP contribution in [0.3, 0.4) is 0 Å². The van der Waals surface area contributed by atoms with E-state index < -0.39 is 0 Å². The van der Waals surface area contributed by atoms with Gasteiger partial charge >= 0.3 is 0 Å². The van der Waals surface area contributed by atoms with Gasteiger partial charge in [-0.2, -0.15) is 0 Å². The Morgan fingerprint density at radius 3 is 2.75 bits per heavy atom. The smallest absolute Gasteiger partial charge is 0.264 e. The topological polar surface area (TPSA) is 20.3 Å². The molecule has 2 nitrogen and oxygen atoms in total. The van der Waals surface area contributed by atoms with Crippen molar-refractivity contribution in [3.63, 3.8) is 0 Å². The zero-order chi connectivity index (χ0) is 14.7. The molecule has 1 amide bonds. The SMILES string of the molecule is C=CCN(Cc1ccc(Cl)s1)C(=O)c1cc(C)c(Br)s1. The van der Waals surface area contributed by atoms with Gasteiger partial charge in [-0.15, -0.1) is 29.3 Å².